The third-order valence-corrected chi connectivity index (χ3v) is 2.93. The van der Waals surface area contributed by atoms with Crippen LogP contribution in [0.25, 0.3) is 0 Å². The second kappa shape index (κ2) is 3.18. The lowest BCUT2D eigenvalue weighted by atomic mass is 9.98. The second-order valence-electron chi connectivity index (χ2n) is 3.86. The van der Waals surface area contributed by atoms with Crippen molar-refractivity contribution in [1.82, 2.24) is 10.2 Å². The molecule has 2 heterocycles. The van der Waals surface area contributed by atoms with Gasteiger partial charge in [-0.25, -0.2) is 4.79 Å². The Bertz CT molecular complexity index is 212. The summed E-state index contributed by atoms with van der Waals surface area (Å²) in [5.41, 5.74) is -0.0207. The van der Waals surface area contributed by atoms with Gasteiger partial charge in [-0.15, -0.1) is 0 Å². The molecule has 1 amide bonds. The van der Waals surface area contributed by atoms with Crippen LogP contribution in [-0.4, -0.2) is 42.8 Å². The van der Waals surface area contributed by atoms with Gasteiger partial charge in [0.25, 0.3) is 0 Å². The van der Waals surface area contributed by atoms with E-state index >= 15 is 0 Å². The smallest absolute Gasteiger partial charge is 0.410 e. The van der Waals surface area contributed by atoms with Crippen LogP contribution in [0.2, 0.25) is 0 Å². The molecule has 0 saturated carbocycles. The van der Waals surface area contributed by atoms with E-state index in [2.05, 4.69) is 12.2 Å². The molecular weight excluding hydrogens is 168 g/mol. The maximum absolute atomic E-state index is 11.4. The molecule has 0 aliphatic carbocycles. The predicted octanol–water partition coefficient (Wildman–Crippen LogP) is 0.581. The molecule has 13 heavy (non-hydrogen) atoms. The molecule has 2 saturated heterocycles. The van der Waals surface area contributed by atoms with E-state index in [1.165, 1.54) is 0 Å². The van der Waals surface area contributed by atoms with Crippen LogP contribution in [0.1, 0.15) is 19.8 Å². The Labute approximate surface area is 78.2 Å². The molecule has 0 bridgehead atoms. The monoisotopic (exact) mass is 184 g/mol. The number of rotatable bonds is 2. The molecule has 4 nitrogen and oxygen atoms in total. The van der Waals surface area contributed by atoms with Gasteiger partial charge in [-0.3, -0.25) is 4.90 Å². The van der Waals surface area contributed by atoms with E-state index in [1.54, 1.807) is 0 Å². The Morgan fingerprint density at radius 3 is 3.15 bits per heavy atom. The minimum absolute atomic E-state index is 0.0207. The average molecular weight is 184 g/mol. The van der Waals surface area contributed by atoms with Gasteiger partial charge in [0, 0.05) is 13.1 Å². The van der Waals surface area contributed by atoms with Crippen LogP contribution in [0.3, 0.4) is 0 Å². The molecule has 1 atom stereocenters. The number of cyclic esters (lactones) is 1. The first kappa shape index (κ1) is 8.81. The largest absolute Gasteiger partial charge is 0.447 e. The quantitative estimate of drug-likeness (QED) is 0.682. The highest BCUT2D eigenvalue weighted by molar-refractivity contribution is 5.71. The van der Waals surface area contributed by atoms with Crippen molar-refractivity contribution >= 4 is 6.09 Å². The van der Waals surface area contributed by atoms with E-state index in [4.69, 9.17) is 4.74 Å². The van der Waals surface area contributed by atoms with Crippen LogP contribution >= 0.6 is 0 Å². The van der Waals surface area contributed by atoms with Gasteiger partial charge in [-0.2, -0.15) is 0 Å². The molecule has 1 spiro atoms. The summed E-state index contributed by atoms with van der Waals surface area (Å²) < 4.78 is 5.10. The first-order valence-corrected chi connectivity index (χ1v) is 4.94. The number of hydrogen-bond acceptors (Lipinski definition) is 3. The first-order valence-electron chi connectivity index (χ1n) is 4.94. The van der Waals surface area contributed by atoms with Crippen molar-refractivity contribution in [2.24, 2.45) is 0 Å². The molecule has 0 aromatic carbocycles. The van der Waals surface area contributed by atoms with Gasteiger partial charge < -0.3 is 10.1 Å². The van der Waals surface area contributed by atoms with Crippen molar-refractivity contribution in [1.29, 1.82) is 0 Å². The van der Waals surface area contributed by atoms with Crippen LogP contribution in [-0.2, 0) is 4.74 Å². The van der Waals surface area contributed by atoms with E-state index in [9.17, 15) is 4.79 Å². The molecule has 4 heteroatoms. The summed E-state index contributed by atoms with van der Waals surface area (Å²) >= 11 is 0. The number of amides is 1. The van der Waals surface area contributed by atoms with Crippen LogP contribution < -0.4 is 5.32 Å². The Hall–Kier alpha value is -0.770. The number of nitrogens with zero attached hydrogens (tertiary/aromatic N) is 1. The van der Waals surface area contributed by atoms with Crippen molar-refractivity contribution in [2.45, 2.75) is 25.3 Å². The molecule has 1 unspecified atom stereocenters. The summed E-state index contributed by atoms with van der Waals surface area (Å²) in [5, 5.41) is 3.29. The number of carbonyl (C=O) groups excluding carboxylic acids is 1. The number of ether oxygens (including phenoxy) is 1. The molecule has 0 radical (unpaired) electrons. The maximum atomic E-state index is 11.4. The zero-order valence-corrected chi connectivity index (χ0v) is 8.01. The van der Waals surface area contributed by atoms with Crippen molar-refractivity contribution in [2.75, 3.05) is 26.2 Å². The third kappa shape index (κ3) is 1.29. The van der Waals surface area contributed by atoms with E-state index in [0.717, 1.165) is 32.5 Å². The molecule has 74 valence electrons. The minimum atomic E-state index is -0.134. The van der Waals surface area contributed by atoms with Crippen LogP contribution in [0, 0.1) is 0 Å². The Balaban J connectivity index is 2.13. The van der Waals surface area contributed by atoms with Crippen LogP contribution in [0.15, 0.2) is 0 Å². The molecule has 1 N–H and O–H groups in total. The topological polar surface area (TPSA) is 41.6 Å². The van der Waals surface area contributed by atoms with Gasteiger partial charge in [0.15, 0.2) is 0 Å². The predicted molar refractivity (Wildman–Crippen MR) is 48.6 cm³/mol. The van der Waals surface area contributed by atoms with E-state index in [0.29, 0.717) is 6.61 Å². The second-order valence-corrected chi connectivity index (χ2v) is 3.86. The van der Waals surface area contributed by atoms with Gasteiger partial charge in [-0.05, 0) is 19.4 Å². The standard InChI is InChI=1S/C9H16N2O2/c1-2-5-11-8(12)13-7-9(11)3-4-10-6-9/h10H,2-7H2,1H3. The van der Waals surface area contributed by atoms with Gasteiger partial charge in [0.1, 0.15) is 6.61 Å². The number of hydrogen-bond donors (Lipinski definition) is 1. The third-order valence-electron chi connectivity index (χ3n) is 2.93. The SMILES string of the molecule is CCCN1C(=O)OCC12CCNC2. The summed E-state index contributed by atoms with van der Waals surface area (Å²) in [6.45, 7) is 5.36. The molecule has 2 aliphatic rings. The normalized spacial score (nSPS) is 33.0. The van der Waals surface area contributed by atoms with Gasteiger partial charge >= 0.3 is 6.09 Å². The number of carbonyl (C=O) groups is 1. The Morgan fingerprint density at radius 2 is 2.54 bits per heavy atom. The molecule has 2 rings (SSSR count). The Morgan fingerprint density at radius 1 is 1.69 bits per heavy atom. The molecule has 2 fully saturated rings. The molecule has 0 aromatic heterocycles. The summed E-state index contributed by atoms with van der Waals surface area (Å²) in [6.07, 6.45) is 1.89. The summed E-state index contributed by atoms with van der Waals surface area (Å²) in [7, 11) is 0. The maximum Gasteiger partial charge on any atom is 0.410 e. The van der Waals surface area contributed by atoms with Gasteiger partial charge in [0.2, 0.25) is 0 Å². The fraction of sp³-hybridized carbons (Fsp3) is 0.889. The lowest BCUT2D eigenvalue weighted by Crippen LogP contribution is -2.49. The lowest BCUT2D eigenvalue weighted by Gasteiger charge is -2.30. The summed E-state index contributed by atoms with van der Waals surface area (Å²) in [5.74, 6) is 0. The van der Waals surface area contributed by atoms with Crippen molar-refractivity contribution in [3.63, 3.8) is 0 Å². The van der Waals surface area contributed by atoms with Crippen LogP contribution in [0.4, 0.5) is 4.79 Å². The summed E-state index contributed by atoms with van der Waals surface area (Å²) in [4.78, 5) is 13.3. The fourth-order valence-electron chi connectivity index (χ4n) is 2.18. The Kier molecular flexibility index (Phi) is 2.15. The lowest BCUT2D eigenvalue weighted by molar-refractivity contribution is 0.153. The highest BCUT2D eigenvalue weighted by Gasteiger charge is 2.48. The average Bonchev–Trinajstić information content (AvgIpc) is 2.69. The zero-order valence-electron chi connectivity index (χ0n) is 8.01. The molecule has 0 aromatic rings. The first-order chi connectivity index (χ1) is 6.28. The van der Waals surface area contributed by atoms with Gasteiger partial charge in [-0.1, -0.05) is 6.92 Å². The number of nitrogens with one attached hydrogen (secondary N) is 1. The fourth-order valence-corrected chi connectivity index (χ4v) is 2.18. The van der Waals surface area contributed by atoms with E-state index < -0.39 is 0 Å². The minimum Gasteiger partial charge on any atom is -0.447 e. The van der Waals surface area contributed by atoms with E-state index in [1.807, 2.05) is 4.90 Å². The van der Waals surface area contributed by atoms with E-state index in [-0.39, 0.29) is 11.6 Å². The van der Waals surface area contributed by atoms with Crippen LogP contribution in [0.5, 0.6) is 0 Å². The van der Waals surface area contributed by atoms with Crippen molar-refractivity contribution in [3.05, 3.63) is 0 Å². The van der Waals surface area contributed by atoms with Crippen molar-refractivity contribution < 1.29 is 9.53 Å². The molecule has 2 aliphatic heterocycles. The zero-order chi connectivity index (χ0) is 9.31. The summed E-state index contributed by atoms with van der Waals surface area (Å²) in [6, 6.07) is 0. The highest BCUT2D eigenvalue weighted by atomic mass is 16.6. The highest BCUT2D eigenvalue weighted by Crippen LogP contribution is 2.29. The van der Waals surface area contributed by atoms with Crippen molar-refractivity contribution in [3.8, 4) is 0 Å². The molecular formula is C9H16N2O2. The van der Waals surface area contributed by atoms with Gasteiger partial charge in [0.05, 0.1) is 5.54 Å².